The quantitative estimate of drug-likeness (QED) is 0.548. The number of hydrogen-bond acceptors (Lipinski definition) is 1. The van der Waals surface area contributed by atoms with Gasteiger partial charge < -0.3 is 4.98 Å². The van der Waals surface area contributed by atoms with Gasteiger partial charge in [-0.25, -0.2) is 0 Å². The maximum absolute atomic E-state index is 8.83. The summed E-state index contributed by atoms with van der Waals surface area (Å²) >= 11 is 0. The molecule has 0 bridgehead atoms. The predicted molar refractivity (Wildman–Crippen MR) is 90.6 cm³/mol. The van der Waals surface area contributed by atoms with Crippen LogP contribution in [0.3, 0.4) is 0 Å². The molecule has 104 valence electrons. The summed E-state index contributed by atoms with van der Waals surface area (Å²) in [6.45, 7) is 0. The summed E-state index contributed by atoms with van der Waals surface area (Å²) in [5, 5.41) is 12.5. The second-order valence-electron chi connectivity index (χ2n) is 5.46. The van der Waals surface area contributed by atoms with Gasteiger partial charge in [0.1, 0.15) is 0 Å². The molecule has 1 N–H and O–H groups in total. The number of nitrogens with one attached hydrogen (secondary N) is 1. The van der Waals surface area contributed by atoms with Gasteiger partial charge in [-0.05, 0) is 40.1 Å². The van der Waals surface area contributed by atoms with E-state index in [9.17, 15) is 0 Å². The number of aromatic amines is 1. The summed E-state index contributed by atoms with van der Waals surface area (Å²) < 4.78 is 0. The number of nitrogens with zero attached hydrogens (tertiary/aromatic N) is 1. The maximum Gasteiger partial charge on any atom is 0.0752 e. The lowest BCUT2D eigenvalue weighted by Gasteiger charge is -2.07. The van der Waals surface area contributed by atoms with Crippen molar-refractivity contribution in [3.8, 4) is 17.2 Å². The van der Waals surface area contributed by atoms with E-state index in [1.165, 1.54) is 21.9 Å². The molecule has 3 aromatic carbocycles. The predicted octanol–water partition coefficient (Wildman–Crippen LogP) is 5.05. The molecule has 0 aliphatic rings. The van der Waals surface area contributed by atoms with Gasteiger partial charge in [0, 0.05) is 16.6 Å². The van der Waals surface area contributed by atoms with Crippen LogP contribution in [0.2, 0.25) is 0 Å². The van der Waals surface area contributed by atoms with E-state index in [1.54, 1.807) is 0 Å². The minimum absolute atomic E-state index is 0.415. The average Bonchev–Trinajstić information content (AvgIpc) is 2.96. The van der Waals surface area contributed by atoms with Crippen LogP contribution in [0.5, 0.6) is 0 Å². The van der Waals surface area contributed by atoms with Crippen molar-refractivity contribution in [3.63, 3.8) is 0 Å². The van der Waals surface area contributed by atoms with E-state index in [0.717, 1.165) is 16.6 Å². The first kappa shape index (κ1) is 12.7. The van der Waals surface area contributed by atoms with E-state index in [0.29, 0.717) is 6.42 Å². The van der Waals surface area contributed by atoms with Crippen LogP contribution in [0.1, 0.15) is 5.69 Å². The van der Waals surface area contributed by atoms with Crippen molar-refractivity contribution in [2.24, 2.45) is 0 Å². The van der Waals surface area contributed by atoms with E-state index in [4.69, 9.17) is 5.26 Å². The van der Waals surface area contributed by atoms with E-state index >= 15 is 0 Å². The van der Waals surface area contributed by atoms with Crippen LogP contribution < -0.4 is 0 Å². The molecule has 0 amide bonds. The van der Waals surface area contributed by atoms with Crippen molar-refractivity contribution in [1.82, 2.24) is 4.98 Å². The van der Waals surface area contributed by atoms with Crippen molar-refractivity contribution < 1.29 is 0 Å². The number of rotatable bonds is 2. The molecule has 0 atom stereocenters. The second kappa shape index (κ2) is 5.05. The topological polar surface area (TPSA) is 39.6 Å². The van der Waals surface area contributed by atoms with Crippen molar-refractivity contribution in [2.75, 3.05) is 0 Å². The molecule has 0 spiro atoms. The summed E-state index contributed by atoms with van der Waals surface area (Å²) in [5.41, 5.74) is 4.48. The fraction of sp³-hybridized carbons (Fsp3) is 0.0500. The van der Waals surface area contributed by atoms with E-state index < -0.39 is 0 Å². The highest BCUT2D eigenvalue weighted by Gasteiger charge is 2.06. The molecule has 0 unspecified atom stereocenters. The van der Waals surface area contributed by atoms with Gasteiger partial charge in [0.05, 0.1) is 12.5 Å². The van der Waals surface area contributed by atoms with Gasteiger partial charge in [0.2, 0.25) is 0 Å². The average molecular weight is 282 g/mol. The molecular weight excluding hydrogens is 268 g/mol. The summed E-state index contributed by atoms with van der Waals surface area (Å²) in [5.74, 6) is 0. The largest absolute Gasteiger partial charge is 0.358 e. The number of aromatic nitrogens is 1. The van der Waals surface area contributed by atoms with Gasteiger partial charge in [-0.2, -0.15) is 5.26 Å². The van der Waals surface area contributed by atoms with Gasteiger partial charge in [-0.1, -0.05) is 48.5 Å². The molecule has 0 radical (unpaired) electrons. The number of benzene rings is 3. The third-order valence-electron chi connectivity index (χ3n) is 4.05. The minimum Gasteiger partial charge on any atom is -0.358 e. The van der Waals surface area contributed by atoms with Crippen LogP contribution in [-0.2, 0) is 6.42 Å². The Morgan fingerprint density at radius 1 is 0.864 bits per heavy atom. The van der Waals surface area contributed by atoms with Gasteiger partial charge >= 0.3 is 0 Å². The molecule has 1 heterocycles. The first-order valence-electron chi connectivity index (χ1n) is 7.32. The van der Waals surface area contributed by atoms with Crippen LogP contribution in [0, 0.1) is 11.3 Å². The number of H-pyrrole nitrogens is 1. The van der Waals surface area contributed by atoms with E-state index in [1.807, 2.05) is 0 Å². The number of fused-ring (bicyclic) bond motifs is 2. The number of nitriles is 1. The Hall–Kier alpha value is -3.05. The molecule has 0 saturated carbocycles. The Morgan fingerprint density at radius 2 is 1.73 bits per heavy atom. The molecule has 2 heteroatoms. The van der Waals surface area contributed by atoms with Gasteiger partial charge in [-0.15, -0.1) is 0 Å². The zero-order valence-corrected chi connectivity index (χ0v) is 12.0. The fourth-order valence-electron chi connectivity index (χ4n) is 3.02. The highest BCUT2D eigenvalue weighted by atomic mass is 14.7. The summed E-state index contributed by atoms with van der Waals surface area (Å²) in [7, 11) is 0. The third-order valence-corrected chi connectivity index (χ3v) is 4.05. The fourth-order valence-corrected chi connectivity index (χ4v) is 3.02. The maximum atomic E-state index is 8.83. The van der Waals surface area contributed by atoms with Crippen molar-refractivity contribution in [1.29, 1.82) is 5.26 Å². The highest BCUT2D eigenvalue weighted by molar-refractivity contribution is 5.98. The molecule has 0 fully saturated rings. The van der Waals surface area contributed by atoms with E-state index in [2.05, 4.69) is 77.8 Å². The Morgan fingerprint density at radius 3 is 2.64 bits per heavy atom. The standard InChI is InChI=1S/C20H14N2/c21-11-10-17-13-16-12-15(8-9-20(16)22-17)19-7-3-5-14-4-1-2-6-18(14)19/h1-9,12-13,22H,10H2. The molecule has 4 aromatic rings. The smallest absolute Gasteiger partial charge is 0.0752 e. The molecular formula is C20H14N2. The lowest BCUT2D eigenvalue weighted by molar-refractivity contribution is 1.17. The first-order valence-corrected chi connectivity index (χ1v) is 7.32. The molecule has 22 heavy (non-hydrogen) atoms. The van der Waals surface area contributed by atoms with Crippen LogP contribution >= 0.6 is 0 Å². The number of hydrogen-bond donors (Lipinski definition) is 1. The lowest BCUT2D eigenvalue weighted by Crippen LogP contribution is -1.81. The Bertz CT molecular complexity index is 1010. The zero-order valence-electron chi connectivity index (χ0n) is 12.0. The van der Waals surface area contributed by atoms with Gasteiger partial charge in [0.25, 0.3) is 0 Å². The minimum atomic E-state index is 0.415. The summed E-state index contributed by atoms with van der Waals surface area (Å²) in [4.78, 5) is 3.29. The lowest BCUT2D eigenvalue weighted by atomic mass is 9.97. The molecule has 1 aromatic heterocycles. The van der Waals surface area contributed by atoms with Gasteiger partial charge in [-0.3, -0.25) is 0 Å². The Labute approximate surface area is 128 Å². The molecule has 2 nitrogen and oxygen atoms in total. The molecule has 0 aliphatic heterocycles. The highest BCUT2D eigenvalue weighted by Crippen LogP contribution is 2.30. The molecule has 4 rings (SSSR count). The SMILES string of the molecule is N#CCc1cc2cc(-c3cccc4ccccc34)ccc2[nH]1. The second-order valence-corrected chi connectivity index (χ2v) is 5.46. The monoisotopic (exact) mass is 282 g/mol. The van der Waals surface area contributed by atoms with Crippen LogP contribution in [0.4, 0.5) is 0 Å². The Balaban J connectivity index is 1.91. The van der Waals surface area contributed by atoms with Crippen LogP contribution in [0.25, 0.3) is 32.8 Å². The van der Waals surface area contributed by atoms with Gasteiger partial charge in [0.15, 0.2) is 0 Å². The summed E-state index contributed by atoms with van der Waals surface area (Å²) in [6.07, 6.45) is 0.415. The van der Waals surface area contributed by atoms with Crippen molar-refractivity contribution >= 4 is 21.7 Å². The zero-order chi connectivity index (χ0) is 14.9. The molecule has 0 saturated heterocycles. The van der Waals surface area contributed by atoms with Crippen LogP contribution in [0.15, 0.2) is 66.7 Å². The van der Waals surface area contributed by atoms with Crippen molar-refractivity contribution in [2.45, 2.75) is 6.42 Å². The third kappa shape index (κ3) is 2.04. The Kier molecular flexibility index (Phi) is 2.91. The van der Waals surface area contributed by atoms with E-state index in [-0.39, 0.29) is 0 Å². The van der Waals surface area contributed by atoms with Crippen LogP contribution in [-0.4, -0.2) is 4.98 Å². The van der Waals surface area contributed by atoms with Crippen molar-refractivity contribution in [3.05, 3.63) is 72.4 Å². The normalized spacial score (nSPS) is 10.9. The molecule has 0 aliphatic carbocycles. The first-order chi connectivity index (χ1) is 10.8. The summed E-state index contributed by atoms with van der Waals surface area (Å²) in [6, 6.07) is 25.5.